The van der Waals surface area contributed by atoms with Crippen LogP contribution >= 0.6 is 39.7 Å². The molecule has 2 aromatic heterocycles. The molecule has 1 fully saturated rings. The highest BCUT2D eigenvalue weighted by molar-refractivity contribution is 9.10. The average Bonchev–Trinajstić information content (AvgIpc) is 3.34. The van der Waals surface area contributed by atoms with E-state index in [1.807, 2.05) is 18.2 Å². The Morgan fingerprint density at radius 1 is 1.31 bits per heavy atom. The number of hydrogen-bond donors (Lipinski definition) is 0. The van der Waals surface area contributed by atoms with Crippen LogP contribution < -0.4 is 9.64 Å². The van der Waals surface area contributed by atoms with E-state index < -0.39 is 0 Å². The highest BCUT2D eigenvalue weighted by Crippen LogP contribution is 2.32. The Labute approximate surface area is 187 Å². The number of anilines is 1. The number of carbonyl (C=O) groups excluding carboxylic acids is 1. The first-order chi connectivity index (χ1) is 13.6. The zero-order valence-corrected chi connectivity index (χ0v) is 19.0. The van der Waals surface area contributed by atoms with Crippen molar-refractivity contribution >= 4 is 60.9 Å². The molecule has 1 aliphatic rings. The number of amides is 1. The molecule has 0 spiro atoms. The number of halogens is 2. The Morgan fingerprint density at radius 3 is 2.79 bits per heavy atom. The first kappa shape index (κ1) is 22.0. The number of morpholine rings is 1. The van der Waals surface area contributed by atoms with E-state index in [9.17, 15) is 4.79 Å². The van der Waals surface area contributed by atoms with Gasteiger partial charge in [0.1, 0.15) is 5.75 Å². The molecule has 29 heavy (non-hydrogen) atoms. The van der Waals surface area contributed by atoms with Crippen LogP contribution in [0, 0.1) is 0 Å². The molecule has 7 nitrogen and oxygen atoms in total. The lowest BCUT2D eigenvalue weighted by Crippen LogP contribution is -2.43. The van der Waals surface area contributed by atoms with Gasteiger partial charge in [0, 0.05) is 32.2 Å². The summed E-state index contributed by atoms with van der Waals surface area (Å²) >= 11 is 4.75. The van der Waals surface area contributed by atoms with Crippen LogP contribution in [0.4, 0.5) is 5.13 Å². The first-order valence-corrected chi connectivity index (χ1v) is 10.6. The zero-order chi connectivity index (χ0) is 19.5. The summed E-state index contributed by atoms with van der Waals surface area (Å²) in [5.74, 6) is 0.821. The predicted octanol–water partition coefficient (Wildman–Crippen LogP) is 4.06. The highest BCUT2D eigenvalue weighted by atomic mass is 79.9. The molecule has 0 aliphatic carbocycles. The molecular formula is C19H21BrClN3O4S. The molecule has 0 atom stereocenters. The smallest absolute Gasteiger partial charge is 0.295 e. The van der Waals surface area contributed by atoms with E-state index in [2.05, 4.69) is 25.8 Å². The van der Waals surface area contributed by atoms with Gasteiger partial charge in [0.15, 0.2) is 15.6 Å². The third kappa shape index (κ3) is 5.10. The summed E-state index contributed by atoms with van der Waals surface area (Å²) in [6, 6.07) is 9.13. The van der Waals surface area contributed by atoms with E-state index in [-0.39, 0.29) is 24.1 Å². The summed E-state index contributed by atoms with van der Waals surface area (Å²) in [7, 11) is 1.63. The number of aromatic nitrogens is 1. The Bertz CT molecular complexity index is 973. The van der Waals surface area contributed by atoms with Gasteiger partial charge in [0.2, 0.25) is 0 Å². The lowest BCUT2D eigenvalue weighted by molar-refractivity contribution is 0.0390. The minimum atomic E-state index is -0.204. The fourth-order valence-electron chi connectivity index (χ4n) is 3.05. The van der Waals surface area contributed by atoms with Crippen LogP contribution in [0.15, 0.2) is 39.4 Å². The maximum Gasteiger partial charge on any atom is 0.295 e. The molecule has 10 heteroatoms. The lowest BCUT2D eigenvalue weighted by Gasteiger charge is -2.28. The monoisotopic (exact) mass is 501 g/mol. The van der Waals surface area contributed by atoms with Gasteiger partial charge in [-0.3, -0.25) is 14.6 Å². The number of carbonyl (C=O) groups is 1. The lowest BCUT2D eigenvalue weighted by atomic mass is 10.3. The maximum atomic E-state index is 13.1. The van der Waals surface area contributed by atoms with E-state index in [1.165, 1.54) is 11.3 Å². The van der Waals surface area contributed by atoms with Crippen molar-refractivity contribution in [3.8, 4) is 5.75 Å². The third-order valence-electron chi connectivity index (χ3n) is 4.59. The van der Waals surface area contributed by atoms with E-state index in [0.29, 0.717) is 16.3 Å². The number of methoxy groups -OCH3 is 1. The van der Waals surface area contributed by atoms with Crippen molar-refractivity contribution in [3.63, 3.8) is 0 Å². The number of benzene rings is 1. The molecule has 1 aliphatic heterocycles. The van der Waals surface area contributed by atoms with Crippen LogP contribution in [0.2, 0.25) is 0 Å². The minimum absolute atomic E-state index is 0. The zero-order valence-electron chi connectivity index (χ0n) is 15.8. The second kappa shape index (κ2) is 9.90. The SMILES string of the molecule is COc1ccc2sc(N(CCN3CCOCC3)C(=O)c3ccc(Br)o3)nc2c1.Cl. The van der Waals surface area contributed by atoms with Crippen LogP contribution in [-0.4, -0.2) is 62.3 Å². The predicted molar refractivity (Wildman–Crippen MR) is 119 cm³/mol. The molecule has 4 rings (SSSR count). The van der Waals surface area contributed by atoms with E-state index in [1.54, 1.807) is 24.1 Å². The van der Waals surface area contributed by atoms with Gasteiger partial charge in [-0.15, -0.1) is 12.4 Å². The molecule has 3 aromatic rings. The number of hydrogen-bond acceptors (Lipinski definition) is 7. The van der Waals surface area contributed by atoms with Crippen molar-refractivity contribution in [2.24, 2.45) is 0 Å². The Kier molecular flexibility index (Phi) is 7.53. The summed E-state index contributed by atoms with van der Waals surface area (Å²) < 4.78 is 17.7. The van der Waals surface area contributed by atoms with Gasteiger partial charge in [-0.25, -0.2) is 4.98 Å². The second-order valence-electron chi connectivity index (χ2n) is 6.34. The van der Waals surface area contributed by atoms with Crippen molar-refractivity contribution in [2.75, 3.05) is 51.4 Å². The van der Waals surface area contributed by atoms with Crippen LogP contribution in [0.1, 0.15) is 10.6 Å². The molecule has 3 heterocycles. The van der Waals surface area contributed by atoms with Gasteiger partial charge in [0.25, 0.3) is 5.91 Å². The Balaban J connectivity index is 0.00000240. The van der Waals surface area contributed by atoms with E-state index in [4.69, 9.17) is 13.9 Å². The van der Waals surface area contributed by atoms with E-state index in [0.717, 1.165) is 48.8 Å². The molecule has 0 radical (unpaired) electrons. The fourth-order valence-corrected chi connectivity index (χ4v) is 4.33. The maximum absolute atomic E-state index is 13.1. The van der Waals surface area contributed by atoms with Crippen molar-refractivity contribution < 1.29 is 18.7 Å². The van der Waals surface area contributed by atoms with Crippen molar-refractivity contribution in [1.29, 1.82) is 0 Å². The van der Waals surface area contributed by atoms with E-state index >= 15 is 0 Å². The van der Waals surface area contributed by atoms with Gasteiger partial charge in [-0.2, -0.15) is 0 Å². The summed E-state index contributed by atoms with van der Waals surface area (Å²) in [5.41, 5.74) is 0.809. The number of furan rings is 1. The van der Waals surface area contributed by atoms with Crippen LogP contribution in [0.3, 0.4) is 0 Å². The number of rotatable bonds is 6. The molecule has 1 saturated heterocycles. The topological polar surface area (TPSA) is 68.0 Å². The number of nitrogens with zero attached hydrogens (tertiary/aromatic N) is 3. The quantitative estimate of drug-likeness (QED) is 0.506. The molecule has 0 unspecified atom stereocenters. The summed E-state index contributed by atoms with van der Waals surface area (Å²) in [5, 5.41) is 0.647. The molecule has 0 saturated carbocycles. The second-order valence-corrected chi connectivity index (χ2v) is 8.14. The molecule has 1 aromatic carbocycles. The summed E-state index contributed by atoms with van der Waals surface area (Å²) in [6.45, 7) is 4.45. The van der Waals surface area contributed by atoms with Gasteiger partial charge in [0.05, 0.1) is 30.5 Å². The molecule has 0 bridgehead atoms. The van der Waals surface area contributed by atoms with Gasteiger partial charge < -0.3 is 13.9 Å². The molecule has 156 valence electrons. The van der Waals surface area contributed by atoms with Crippen molar-refractivity contribution in [2.45, 2.75) is 0 Å². The first-order valence-electron chi connectivity index (χ1n) is 8.96. The fraction of sp³-hybridized carbons (Fsp3) is 0.368. The number of thiazole rings is 1. The van der Waals surface area contributed by atoms with Crippen molar-refractivity contribution in [3.05, 3.63) is 40.8 Å². The summed E-state index contributed by atoms with van der Waals surface area (Å²) in [6.07, 6.45) is 0. The molecular weight excluding hydrogens is 482 g/mol. The minimum Gasteiger partial charge on any atom is -0.497 e. The average molecular weight is 503 g/mol. The molecule has 0 N–H and O–H groups in total. The normalized spacial score (nSPS) is 14.6. The Morgan fingerprint density at radius 2 is 2.10 bits per heavy atom. The third-order valence-corrected chi connectivity index (χ3v) is 6.07. The van der Waals surface area contributed by atoms with Crippen LogP contribution in [0.5, 0.6) is 5.75 Å². The van der Waals surface area contributed by atoms with Crippen LogP contribution in [0.25, 0.3) is 10.2 Å². The van der Waals surface area contributed by atoms with Gasteiger partial charge in [-0.1, -0.05) is 11.3 Å². The molecule has 1 amide bonds. The summed E-state index contributed by atoms with van der Waals surface area (Å²) in [4.78, 5) is 21.8. The largest absolute Gasteiger partial charge is 0.497 e. The standard InChI is InChI=1S/C19H20BrN3O4S.ClH/c1-25-13-2-4-16-14(12-13)21-19(28-16)23(7-6-22-8-10-26-11-9-22)18(24)15-3-5-17(20)27-15;/h2-5,12H,6-11H2,1H3;1H. The number of fused-ring (bicyclic) bond motifs is 1. The van der Waals surface area contributed by atoms with Gasteiger partial charge in [-0.05, 0) is 40.2 Å². The number of ether oxygens (including phenoxy) is 2. The van der Waals surface area contributed by atoms with Gasteiger partial charge >= 0.3 is 0 Å². The Hall–Kier alpha value is -1.65. The highest BCUT2D eigenvalue weighted by Gasteiger charge is 2.25. The van der Waals surface area contributed by atoms with Crippen molar-refractivity contribution in [1.82, 2.24) is 9.88 Å². The van der Waals surface area contributed by atoms with Crippen LogP contribution in [-0.2, 0) is 4.74 Å².